The Morgan fingerprint density at radius 3 is 2.46 bits per heavy atom. The van der Waals surface area contributed by atoms with Gasteiger partial charge in [0.2, 0.25) is 0 Å². The highest BCUT2D eigenvalue weighted by Gasteiger charge is 2.22. The molecular weight excluding hydrogens is 328 g/mol. The van der Waals surface area contributed by atoms with Crippen molar-refractivity contribution in [2.45, 2.75) is 45.7 Å². The van der Waals surface area contributed by atoms with Crippen LogP contribution in [-0.2, 0) is 16.0 Å². The fourth-order valence-corrected chi connectivity index (χ4v) is 2.89. The smallest absolute Gasteiger partial charge is 0.321 e. The maximum Gasteiger partial charge on any atom is 0.321 e. The van der Waals surface area contributed by atoms with Crippen LogP contribution >= 0.6 is 0 Å². The zero-order valence-electron chi connectivity index (χ0n) is 15.5. The molecule has 0 spiro atoms. The van der Waals surface area contributed by atoms with Gasteiger partial charge in [0.15, 0.2) is 0 Å². The molecule has 5 heteroatoms. The van der Waals surface area contributed by atoms with E-state index in [2.05, 4.69) is 10.3 Å². The number of hydrogen-bond acceptors (Lipinski definition) is 4. The summed E-state index contributed by atoms with van der Waals surface area (Å²) >= 11 is 0. The highest BCUT2D eigenvalue weighted by molar-refractivity contribution is 5.75. The van der Waals surface area contributed by atoms with Gasteiger partial charge in [0.05, 0.1) is 11.7 Å². The summed E-state index contributed by atoms with van der Waals surface area (Å²) in [6.45, 7) is 6.03. The Hall–Kier alpha value is -2.53. The summed E-state index contributed by atoms with van der Waals surface area (Å²) in [6, 6.07) is 10.4. The average molecular weight is 354 g/mol. The first kappa shape index (κ1) is 19.8. The van der Waals surface area contributed by atoms with Gasteiger partial charge in [0.25, 0.3) is 0 Å². The number of nitrogens with one attached hydrogen (secondary N) is 1. The van der Waals surface area contributed by atoms with E-state index in [9.17, 15) is 14.7 Å². The summed E-state index contributed by atoms with van der Waals surface area (Å²) in [4.78, 5) is 27.2. The molecule has 0 aliphatic carbocycles. The molecule has 1 aromatic heterocycles. The third-order valence-corrected chi connectivity index (χ3v) is 4.21. The number of pyridine rings is 1. The van der Waals surface area contributed by atoms with Crippen molar-refractivity contribution in [1.29, 1.82) is 0 Å². The first-order valence-electron chi connectivity index (χ1n) is 8.85. The molecule has 0 unspecified atom stereocenters. The number of aliphatic carboxylic acids is 1. The number of aldehydes is 1. The lowest BCUT2D eigenvalue weighted by atomic mass is 10.00. The maximum absolute atomic E-state index is 11.6. The second kappa shape index (κ2) is 9.25. The molecule has 0 saturated carbocycles. The molecule has 0 radical (unpaired) electrons. The predicted molar refractivity (Wildman–Crippen MR) is 102 cm³/mol. The Morgan fingerprint density at radius 1 is 1.23 bits per heavy atom. The van der Waals surface area contributed by atoms with Crippen LogP contribution in [0.15, 0.2) is 42.6 Å². The van der Waals surface area contributed by atoms with Gasteiger partial charge in [-0.1, -0.05) is 38.1 Å². The van der Waals surface area contributed by atoms with E-state index in [4.69, 9.17) is 0 Å². The standard InChI is InChI=1S/C21H26N2O3/c1-14(2)10-18(13-24)23-20(21(25)26)12-16-4-6-17(7-5-16)19-11-15(3)8-9-22-19/h4-9,11,13-14,18,20,23H,10,12H2,1-3H3,(H,25,26)/t18-,20-/m0/s1. The van der Waals surface area contributed by atoms with Gasteiger partial charge >= 0.3 is 5.97 Å². The van der Waals surface area contributed by atoms with Gasteiger partial charge in [0, 0.05) is 11.8 Å². The number of nitrogens with zero attached hydrogens (tertiary/aromatic N) is 1. The number of aryl methyl sites for hydroxylation is 1. The van der Waals surface area contributed by atoms with Crippen molar-refractivity contribution < 1.29 is 14.7 Å². The van der Waals surface area contributed by atoms with Crippen molar-refractivity contribution in [3.8, 4) is 11.3 Å². The summed E-state index contributed by atoms with van der Waals surface area (Å²) < 4.78 is 0. The van der Waals surface area contributed by atoms with E-state index in [1.807, 2.05) is 57.2 Å². The van der Waals surface area contributed by atoms with Crippen molar-refractivity contribution in [3.05, 3.63) is 53.7 Å². The average Bonchev–Trinajstić information content (AvgIpc) is 2.60. The largest absolute Gasteiger partial charge is 0.480 e. The van der Waals surface area contributed by atoms with Crippen molar-refractivity contribution in [2.75, 3.05) is 0 Å². The number of hydrogen-bond donors (Lipinski definition) is 2. The lowest BCUT2D eigenvalue weighted by Gasteiger charge is -2.20. The van der Waals surface area contributed by atoms with E-state index in [0.717, 1.165) is 28.7 Å². The minimum Gasteiger partial charge on any atom is -0.480 e. The molecule has 2 rings (SSSR count). The predicted octanol–water partition coefficient (Wildman–Crippen LogP) is 3.26. The Kier molecular flexibility index (Phi) is 7.04. The Balaban J connectivity index is 2.09. The summed E-state index contributed by atoms with van der Waals surface area (Å²) in [6.07, 6.45) is 3.50. The van der Waals surface area contributed by atoms with Gasteiger partial charge in [-0.25, -0.2) is 0 Å². The number of carboxylic acid groups (broad SMARTS) is 1. The molecule has 138 valence electrons. The highest BCUT2D eigenvalue weighted by atomic mass is 16.4. The molecule has 2 atom stereocenters. The number of benzene rings is 1. The first-order valence-corrected chi connectivity index (χ1v) is 8.85. The SMILES string of the molecule is Cc1ccnc(-c2ccc(C[C@H](N[C@H](C=O)CC(C)C)C(=O)O)cc2)c1. The molecule has 1 aromatic carbocycles. The molecule has 0 amide bonds. The summed E-state index contributed by atoms with van der Waals surface area (Å²) in [7, 11) is 0. The lowest BCUT2D eigenvalue weighted by molar-refractivity contribution is -0.139. The van der Waals surface area contributed by atoms with Crippen LogP contribution in [0.25, 0.3) is 11.3 Å². The summed E-state index contributed by atoms with van der Waals surface area (Å²) in [5, 5.41) is 12.4. The normalized spacial score (nSPS) is 13.4. The zero-order valence-corrected chi connectivity index (χ0v) is 15.5. The Labute approximate surface area is 154 Å². The minimum atomic E-state index is -0.954. The van der Waals surface area contributed by atoms with Gasteiger partial charge in [-0.3, -0.25) is 15.1 Å². The Bertz CT molecular complexity index is 741. The number of carboxylic acids is 1. The van der Waals surface area contributed by atoms with Gasteiger partial charge in [-0.15, -0.1) is 0 Å². The molecule has 26 heavy (non-hydrogen) atoms. The van der Waals surface area contributed by atoms with Crippen LogP contribution < -0.4 is 5.32 Å². The molecule has 0 saturated heterocycles. The topological polar surface area (TPSA) is 79.3 Å². The van der Waals surface area contributed by atoms with Gasteiger partial charge in [-0.2, -0.15) is 0 Å². The van der Waals surface area contributed by atoms with E-state index >= 15 is 0 Å². The fraction of sp³-hybridized carbons (Fsp3) is 0.381. The van der Waals surface area contributed by atoms with Gasteiger partial charge in [0.1, 0.15) is 12.3 Å². The third-order valence-electron chi connectivity index (χ3n) is 4.21. The van der Waals surface area contributed by atoms with Crippen molar-refractivity contribution in [2.24, 2.45) is 5.92 Å². The number of rotatable bonds is 9. The maximum atomic E-state index is 11.6. The lowest BCUT2D eigenvalue weighted by Crippen LogP contribution is -2.46. The van der Waals surface area contributed by atoms with Crippen molar-refractivity contribution in [1.82, 2.24) is 10.3 Å². The van der Waals surface area contributed by atoms with E-state index in [0.29, 0.717) is 18.8 Å². The zero-order chi connectivity index (χ0) is 19.1. The highest BCUT2D eigenvalue weighted by Crippen LogP contribution is 2.19. The molecule has 0 aliphatic rings. The first-order chi connectivity index (χ1) is 12.4. The van der Waals surface area contributed by atoms with Crippen molar-refractivity contribution >= 4 is 12.3 Å². The summed E-state index contributed by atoms with van der Waals surface area (Å²) in [5.74, 6) is -0.640. The van der Waals surface area contributed by atoms with Gasteiger partial charge in [-0.05, 0) is 48.9 Å². The van der Waals surface area contributed by atoms with Crippen molar-refractivity contribution in [3.63, 3.8) is 0 Å². The van der Waals surface area contributed by atoms with Crippen LogP contribution in [0, 0.1) is 12.8 Å². The number of carbonyl (C=O) groups excluding carboxylic acids is 1. The summed E-state index contributed by atoms with van der Waals surface area (Å²) in [5.41, 5.74) is 3.92. The second-order valence-corrected chi connectivity index (χ2v) is 7.05. The van der Waals surface area contributed by atoms with E-state index in [1.165, 1.54) is 0 Å². The van der Waals surface area contributed by atoms with Crippen LogP contribution in [0.4, 0.5) is 0 Å². The van der Waals surface area contributed by atoms with Gasteiger partial charge < -0.3 is 9.90 Å². The third kappa shape index (κ3) is 5.77. The van der Waals surface area contributed by atoms with E-state index in [1.54, 1.807) is 6.20 Å². The molecule has 2 N–H and O–H groups in total. The molecular formula is C21H26N2O3. The molecule has 5 nitrogen and oxygen atoms in total. The fourth-order valence-electron chi connectivity index (χ4n) is 2.89. The molecule has 0 aliphatic heterocycles. The van der Waals surface area contributed by atoms with Crippen LogP contribution in [0.3, 0.4) is 0 Å². The van der Waals surface area contributed by atoms with Crippen LogP contribution in [-0.4, -0.2) is 34.4 Å². The number of carbonyl (C=O) groups is 2. The van der Waals surface area contributed by atoms with E-state index < -0.39 is 18.1 Å². The molecule has 0 bridgehead atoms. The minimum absolute atomic E-state index is 0.313. The molecule has 2 aromatic rings. The van der Waals surface area contributed by atoms with Crippen LogP contribution in [0.1, 0.15) is 31.4 Å². The second-order valence-electron chi connectivity index (χ2n) is 7.05. The Morgan fingerprint density at radius 2 is 1.92 bits per heavy atom. The molecule has 1 heterocycles. The molecule has 0 fully saturated rings. The quantitative estimate of drug-likeness (QED) is 0.676. The van der Waals surface area contributed by atoms with Crippen LogP contribution in [0.5, 0.6) is 0 Å². The number of aromatic nitrogens is 1. The van der Waals surface area contributed by atoms with E-state index in [-0.39, 0.29) is 0 Å². The monoisotopic (exact) mass is 354 g/mol. The van der Waals surface area contributed by atoms with Crippen LogP contribution in [0.2, 0.25) is 0 Å².